The Morgan fingerprint density at radius 1 is 1.30 bits per heavy atom. The smallest absolute Gasteiger partial charge is 0.0857 e. The molecule has 2 aliphatic carbocycles. The van der Waals surface area contributed by atoms with Crippen molar-refractivity contribution in [2.45, 2.75) is 83.5 Å². The molecule has 2 saturated carbocycles. The van der Waals surface area contributed by atoms with Crippen LogP contribution in [0.3, 0.4) is 0 Å². The van der Waals surface area contributed by atoms with Crippen LogP contribution in [-0.2, 0) is 6.54 Å². The summed E-state index contributed by atoms with van der Waals surface area (Å²) in [6.45, 7) is 10.5. The molecule has 3 fully saturated rings. The van der Waals surface area contributed by atoms with Crippen LogP contribution in [0, 0.1) is 5.41 Å². The van der Waals surface area contributed by atoms with Crippen LogP contribution in [-0.4, -0.2) is 37.5 Å². The van der Waals surface area contributed by atoms with Crippen molar-refractivity contribution < 1.29 is 0 Å². The quantitative estimate of drug-likeness (QED) is 0.850. The van der Waals surface area contributed by atoms with Gasteiger partial charge in [-0.15, -0.1) is 5.10 Å². The molecule has 1 aromatic rings. The molecule has 1 saturated heterocycles. The number of likely N-dealkylation sites (tertiary alicyclic amines) is 1. The van der Waals surface area contributed by atoms with E-state index in [0.717, 1.165) is 12.6 Å². The van der Waals surface area contributed by atoms with Gasteiger partial charge in [0.25, 0.3) is 0 Å². The van der Waals surface area contributed by atoms with E-state index in [-0.39, 0.29) is 5.54 Å². The average Bonchev–Trinajstić information content (AvgIpc) is 3.20. The molecule has 0 unspecified atom stereocenters. The Hall–Kier alpha value is -0.900. The normalized spacial score (nSPS) is 37.2. The standard InChI is InChI=1S/C16H26N4/c1-11-7-16(8-14(16)20(11)15(2,3)4)10-19-9-13(17-18-19)12-5-6-12/h9,11-12,14H,5-8,10H2,1-4H3/t11-,14-,16+/m1/s1. The number of fused-ring (bicyclic) bond motifs is 1. The van der Waals surface area contributed by atoms with Gasteiger partial charge in [-0.05, 0) is 53.4 Å². The van der Waals surface area contributed by atoms with Crippen LogP contribution in [0.4, 0.5) is 0 Å². The van der Waals surface area contributed by atoms with E-state index >= 15 is 0 Å². The van der Waals surface area contributed by atoms with E-state index < -0.39 is 0 Å². The molecule has 0 aromatic carbocycles. The lowest BCUT2D eigenvalue weighted by Gasteiger charge is -2.37. The maximum absolute atomic E-state index is 4.37. The van der Waals surface area contributed by atoms with E-state index in [0.29, 0.717) is 17.4 Å². The zero-order valence-corrected chi connectivity index (χ0v) is 13.1. The fraction of sp³-hybridized carbons (Fsp3) is 0.875. The summed E-state index contributed by atoms with van der Waals surface area (Å²) in [6.07, 6.45) is 7.47. The van der Waals surface area contributed by atoms with Gasteiger partial charge in [0, 0.05) is 41.7 Å². The fourth-order valence-electron chi connectivity index (χ4n) is 4.58. The Labute approximate surface area is 121 Å². The predicted molar refractivity (Wildman–Crippen MR) is 78.5 cm³/mol. The molecule has 3 atom stereocenters. The summed E-state index contributed by atoms with van der Waals surface area (Å²) >= 11 is 0. The van der Waals surface area contributed by atoms with Gasteiger partial charge in [-0.3, -0.25) is 9.58 Å². The minimum absolute atomic E-state index is 0.282. The molecule has 1 aliphatic heterocycles. The average molecular weight is 274 g/mol. The summed E-state index contributed by atoms with van der Waals surface area (Å²) in [7, 11) is 0. The zero-order valence-electron chi connectivity index (χ0n) is 13.1. The number of hydrogen-bond donors (Lipinski definition) is 0. The zero-order chi connectivity index (χ0) is 14.1. The molecule has 0 spiro atoms. The molecule has 0 radical (unpaired) electrons. The van der Waals surface area contributed by atoms with Gasteiger partial charge in [-0.25, -0.2) is 0 Å². The SMILES string of the molecule is C[C@@H]1C[C@@]2(Cn3cc(C4CC4)nn3)C[C@H]2N1C(C)(C)C. The molecular weight excluding hydrogens is 248 g/mol. The van der Waals surface area contributed by atoms with E-state index in [1.165, 1.54) is 31.4 Å². The second kappa shape index (κ2) is 3.85. The third-order valence-electron chi connectivity index (χ3n) is 5.46. The van der Waals surface area contributed by atoms with E-state index in [1.54, 1.807) is 0 Å². The molecule has 4 rings (SSSR count). The minimum atomic E-state index is 0.282. The van der Waals surface area contributed by atoms with E-state index in [1.807, 2.05) is 0 Å². The molecule has 1 aromatic heterocycles. The monoisotopic (exact) mass is 274 g/mol. The first kappa shape index (κ1) is 12.8. The number of rotatable bonds is 3. The van der Waals surface area contributed by atoms with Crippen molar-refractivity contribution in [1.29, 1.82) is 0 Å². The lowest BCUT2D eigenvalue weighted by molar-refractivity contribution is 0.104. The van der Waals surface area contributed by atoms with Gasteiger partial charge in [0.2, 0.25) is 0 Å². The van der Waals surface area contributed by atoms with Crippen LogP contribution in [0.5, 0.6) is 0 Å². The highest BCUT2D eigenvalue weighted by atomic mass is 15.4. The van der Waals surface area contributed by atoms with Gasteiger partial charge in [0.1, 0.15) is 0 Å². The largest absolute Gasteiger partial charge is 0.292 e. The van der Waals surface area contributed by atoms with Crippen molar-refractivity contribution in [2.24, 2.45) is 5.41 Å². The van der Waals surface area contributed by atoms with Crippen molar-refractivity contribution in [2.75, 3.05) is 0 Å². The molecule has 110 valence electrons. The molecule has 0 bridgehead atoms. The van der Waals surface area contributed by atoms with Crippen LogP contribution >= 0.6 is 0 Å². The molecule has 4 nitrogen and oxygen atoms in total. The highest BCUT2D eigenvalue weighted by molar-refractivity contribution is 5.18. The topological polar surface area (TPSA) is 34.0 Å². The minimum Gasteiger partial charge on any atom is -0.292 e. The predicted octanol–water partition coefficient (Wildman–Crippen LogP) is 2.81. The van der Waals surface area contributed by atoms with Crippen molar-refractivity contribution in [3.8, 4) is 0 Å². The Kier molecular flexibility index (Phi) is 2.46. The van der Waals surface area contributed by atoms with Crippen molar-refractivity contribution in [1.82, 2.24) is 19.9 Å². The van der Waals surface area contributed by atoms with Crippen molar-refractivity contribution in [3.63, 3.8) is 0 Å². The number of nitrogens with zero attached hydrogens (tertiary/aromatic N) is 4. The van der Waals surface area contributed by atoms with Gasteiger partial charge >= 0.3 is 0 Å². The third-order valence-corrected chi connectivity index (χ3v) is 5.46. The number of piperidine rings is 1. The van der Waals surface area contributed by atoms with Gasteiger partial charge in [-0.2, -0.15) is 0 Å². The second-order valence-corrected chi connectivity index (χ2v) is 8.33. The van der Waals surface area contributed by atoms with Crippen LogP contribution in [0.1, 0.15) is 65.0 Å². The second-order valence-electron chi connectivity index (χ2n) is 8.33. The molecule has 3 aliphatic rings. The van der Waals surface area contributed by atoms with Gasteiger partial charge in [0.05, 0.1) is 5.69 Å². The first-order valence-corrected chi connectivity index (χ1v) is 8.08. The van der Waals surface area contributed by atoms with Gasteiger partial charge in [-0.1, -0.05) is 5.21 Å². The summed E-state index contributed by atoms with van der Waals surface area (Å²) < 4.78 is 2.12. The molecule has 4 heteroatoms. The molecule has 20 heavy (non-hydrogen) atoms. The van der Waals surface area contributed by atoms with Crippen molar-refractivity contribution >= 4 is 0 Å². The Morgan fingerprint density at radius 2 is 2.05 bits per heavy atom. The highest BCUT2D eigenvalue weighted by Crippen LogP contribution is 2.62. The molecule has 0 amide bonds. The number of hydrogen-bond acceptors (Lipinski definition) is 3. The van der Waals surface area contributed by atoms with E-state index in [9.17, 15) is 0 Å². The Morgan fingerprint density at radius 3 is 2.65 bits per heavy atom. The van der Waals surface area contributed by atoms with E-state index in [4.69, 9.17) is 0 Å². The summed E-state index contributed by atoms with van der Waals surface area (Å²) in [5.74, 6) is 0.713. The Bertz CT molecular complexity index is 525. The molecular formula is C16H26N4. The van der Waals surface area contributed by atoms with Gasteiger partial charge < -0.3 is 0 Å². The van der Waals surface area contributed by atoms with Crippen LogP contribution in [0.25, 0.3) is 0 Å². The molecule has 2 heterocycles. The van der Waals surface area contributed by atoms with E-state index in [2.05, 4.69) is 53.8 Å². The summed E-state index contributed by atoms with van der Waals surface area (Å²) in [5, 5.41) is 8.73. The summed E-state index contributed by atoms with van der Waals surface area (Å²) in [6, 6.07) is 1.45. The third kappa shape index (κ3) is 1.92. The first-order valence-electron chi connectivity index (χ1n) is 8.08. The van der Waals surface area contributed by atoms with Crippen LogP contribution < -0.4 is 0 Å². The van der Waals surface area contributed by atoms with Crippen LogP contribution in [0.15, 0.2) is 6.20 Å². The van der Waals surface area contributed by atoms with Crippen molar-refractivity contribution in [3.05, 3.63) is 11.9 Å². The lowest BCUT2D eigenvalue weighted by atomic mass is 9.99. The van der Waals surface area contributed by atoms with Gasteiger partial charge in [0.15, 0.2) is 0 Å². The Balaban J connectivity index is 1.50. The number of aromatic nitrogens is 3. The first-order chi connectivity index (χ1) is 9.39. The maximum atomic E-state index is 4.37. The highest BCUT2D eigenvalue weighted by Gasteiger charge is 2.65. The fourth-order valence-corrected chi connectivity index (χ4v) is 4.58. The lowest BCUT2D eigenvalue weighted by Crippen LogP contribution is -2.45. The summed E-state index contributed by atoms with van der Waals surface area (Å²) in [5.41, 5.74) is 1.97. The molecule has 0 N–H and O–H groups in total. The van der Waals surface area contributed by atoms with Crippen LogP contribution in [0.2, 0.25) is 0 Å². The summed E-state index contributed by atoms with van der Waals surface area (Å²) in [4.78, 5) is 2.73. The maximum Gasteiger partial charge on any atom is 0.0857 e.